The molecule has 1 aromatic rings. The summed E-state index contributed by atoms with van der Waals surface area (Å²) in [5.74, 6) is 1.79. The van der Waals surface area contributed by atoms with Gasteiger partial charge in [-0.1, -0.05) is 13.8 Å². The fourth-order valence-corrected chi connectivity index (χ4v) is 2.75. The van der Waals surface area contributed by atoms with Crippen LogP contribution in [0.3, 0.4) is 0 Å². The molecule has 0 saturated heterocycles. The van der Waals surface area contributed by atoms with E-state index in [-0.39, 0.29) is 0 Å². The van der Waals surface area contributed by atoms with Gasteiger partial charge >= 0.3 is 0 Å². The van der Waals surface area contributed by atoms with Gasteiger partial charge in [0.05, 0.1) is 13.2 Å². The van der Waals surface area contributed by atoms with Crippen molar-refractivity contribution < 1.29 is 9.47 Å². The molecule has 112 valence electrons. The molecule has 1 aliphatic rings. The number of nitrogens with one attached hydrogen (secondary N) is 1. The van der Waals surface area contributed by atoms with Gasteiger partial charge in [-0.05, 0) is 56.4 Å². The van der Waals surface area contributed by atoms with E-state index in [1.807, 2.05) is 0 Å². The molecule has 1 aromatic carbocycles. The minimum atomic E-state index is 0.373. The third-order valence-electron chi connectivity index (χ3n) is 3.66. The van der Waals surface area contributed by atoms with Crippen LogP contribution in [0.1, 0.15) is 57.7 Å². The number of ether oxygens (including phenoxy) is 2. The maximum Gasteiger partial charge on any atom is 0.161 e. The van der Waals surface area contributed by atoms with Crippen LogP contribution < -0.4 is 14.8 Å². The molecule has 1 heterocycles. The van der Waals surface area contributed by atoms with E-state index in [2.05, 4.69) is 45.1 Å². The van der Waals surface area contributed by atoms with Crippen LogP contribution in [0, 0.1) is 0 Å². The maximum atomic E-state index is 5.87. The molecule has 1 N–H and O–H groups in total. The van der Waals surface area contributed by atoms with Gasteiger partial charge in [-0.2, -0.15) is 0 Å². The molecule has 2 atom stereocenters. The van der Waals surface area contributed by atoms with Crippen molar-refractivity contribution in [1.29, 1.82) is 0 Å². The minimum absolute atomic E-state index is 0.373. The van der Waals surface area contributed by atoms with Crippen LogP contribution in [0.4, 0.5) is 0 Å². The highest BCUT2D eigenvalue weighted by Gasteiger charge is 2.23. The van der Waals surface area contributed by atoms with E-state index in [9.17, 15) is 0 Å². The second-order valence-electron chi connectivity index (χ2n) is 5.69. The molecule has 0 radical (unpaired) electrons. The van der Waals surface area contributed by atoms with Crippen molar-refractivity contribution in [3.8, 4) is 11.5 Å². The quantitative estimate of drug-likeness (QED) is 0.856. The zero-order chi connectivity index (χ0) is 14.5. The van der Waals surface area contributed by atoms with E-state index in [0.717, 1.165) is 44.0 Å². The fourth-order valence-electron chi connectivity index (χ4n) is 2.75. The predicted octanol–water partition coefficient (Wildman–Crippen LogP) is 3.86. The van der Waals surface area contributed by atoms with Crippen LogP contribution in [0.5, 0.6) is 11.5 Å². The summed E-state index contributed by atoms with van der Waals surface area (Å²) in [6, 6.07) is 5.24. The topological polar surface area (TPSA) is 30.5 Å². The minimum Gasteiger partial charge on any atom is -0.490 e. The molecule has 2 rings (SSSR count). The van der Waals surface area contributed by atoms with Crippen LogP contribution in [-0.2, 0) is 6.42 Å². The molecule has 0 amide bonds. The number of hydrogen-bond donors (Lipinski definition) is 1. The zero-order valence-corrected chi connectivity index (χ0v) is 13.2. The van der Waals surface area contributed by atoms with Gasteiger partial charge in [-0.15, -0.1) is 0 Å². The molecular formula is C17H27NO2. The lowest BCUT2D eigenvalue weighted by Crippen LogP contribution is -2.35. The lowest BCUT2D eigenvalue weighted by Gasteiger charge is -2.30. The predicted molar refractivity (Wildman–Crippen MR) is 82.7 cm³/mol. The van der Waals surface area contributed by atoms with Gasteiger partial charge in [0.15, 0.2) is 11.5 Å². The third-order valence-corrected chi connectivity index (χ3v) is 3.66. The second-order valence-corrected chi connectivity index (χ2v) is 5.69. The van der Waals surface area contributed by atoms with Crippen molar-refractivity contribution in [2.24, 2.45) is 0 Å². The van der Waals surface area contributed by atoms with E-state index >= 15 is 0 Å². The van der Waals surface area contributed by atoms with Crippen molar-refractivity contribution in [3.63, 3.8) is 0 Å². The first kappa shape index (κ1) is 15.2. The van der Waals surface area contributed by atoms with Crippen molar-refractivity contribution in [2.75, 3.05) is 13.2 Å². The lowest BCUT2D eigenvalue weighted by atomic mass is 9.91. The Morgan fingerprint density at radius 1 is 1.05 bits per heavy atom. The Bertz CT molecular complexity index is 445. The van der Waals surface area contributed by atoms with Gasteiger partial charge < -0.3 is 14.8 Å². The summed E-state index contributed by atoms with van der Waals surface area (Å²) in [6.45, 7) is 10.2. The molecule has 0 aliphatic carbocycles. The van der Waals surface area contributed by atoms with Gasteiger partial charge in [0.2, 0.25) is 0 Å². The monoisotopic (exact) mass is 277 g/mol. The SMILES string of the molecule is CCCOc1cc2c(cc1OCCC)C(C)NC(C)C2. The summed E-state index contributed by atoms with van der Waals surface area (Å²) in [5, 5.41) is 3.58. The van der Waals surface area contributed by atoms with Gasteiger partial charge in [0, 0.05) is 12.1 Å². The van der Waals surface area contributed by atoms with E-state index in [0.29, 0.717) is 12.1 Å². The molecule has 0 saturated carbocycles. The molecule has 0 spiro atoms. The summed E-state index contributed by atoms with van der Waals surface area (Å²) >= 11 is 0. The van der Waals surface area contributed by atoms with Crippen LogP contribution in [0.15, 0.2) is 12.1 Å². The Morgan fingerprint density at radius 3 is 2.25 bits per heavy atom. The summed E-state index contributed by atoms with van der Waals surface area (Å²) in [6.07, 6.45) is 3.07. The Morgan fingerprint density at radius 2 is 1.65 bits per heavy atom. The van der Waals surface area contributed by atoms with E-state index in [4.69, 9.17) is 9.47 Å². The molecule has 1 aliphatic heterocycles. The molecule has 3 heteroatoms. The van der Waals surface area contributed by atoms with Crippen LogP contribution in [0.25, 0.3) is 0 Å². The fraction of sp³-hybridized carbons (Fsp3) is 0.647. The summed E-state index contributed by atoms with van der Waals surface area (Å²) < 4.78 is 11.7. The van der Waals surface area contributed by atoms with Crippen molar-refractivity contribution in [2.45, 2.75) is 59.0 Å². The highest BCUT2D eigenvalue weighted by molar-refractivity contribution is 5.49. The second kappa shape index (κ2) is 6.98. The van der Waals surface area contributed by atoms with Crippen molar-refractivity contribution >= 4 is 0 Å². The highest BCUT2D eigenvalue weighted by Crippen LogP contribution is 2.36. The van der Waals surface area contributed by atoms with Gasteiger partial charge in [-0.3, -0.25) is 0 Å². The standard InChI is InChI=1S/C17H27NO2/c1-5-7-19-16-10-14-9-12(3)18-13(4)15(14)11-17(16)20-8-6-2/h10-13,18H,5-9H2,1-4H3. The summed E-state index contributed by atoms with van der Waals surface area (Å²) in [5.41, 5.74) is 2.73. The number of benzene rings is 1. The number of rotatable bonds is 6. The van der Waals surface area contributed by atoms with E-state index in [1.165, 1.54) is 11.1 Å². The van der Waals surface area contributed by atoms with Gasteiger partial charge in [0.1, 0.15) is 0 Å². The van der Waals surface area contributed by atoms with Gasteiger partial charge in [0.25, 0.3) is 0 Å². The Hall–Kier alpha value is -1.22. The van der Waals surface area contributed by atoms with E-state index in [1.54, 1.807) is 0 Å². The first-order valence-electron chi connectivity index (χ1n) is 7.84. The van der Waals surface area contributed by atoms with E-state index < -0.39 is 0 Å². The van der Waals surface area contributed by atoms with Crippen LogP contribution in [-0.4, -0.2) is 19.3 Å². The summed E-state index contributed by atoms with van der Waals surface area (Å²) in [7, 11) is 0. The smallest absolute Gasteiger partial charge is 0.161 e. The van der Waals surface area contributed by atoms with Crippen LogP contribution in [0.2, 0.25) is 0 Å². The first-order chi connectivity index (χ1) is 9.65. The Labute approximate surface area is 122 Å². The molecule has 3 nitrogen and oxygen atoms in total. The molecule has 0 fully saturated rings. The summed E-state index contributed by atoms with van der Waals surface area (Å²) in [4.78, 5) is 0. The number of fused-ring (bicyclic) bond motifs is 1. The molecular weight excluding hydrogens is 250 g/mol. The average Bonchev–Trinajstić information content (AvgIpc) is 2.42. The zero-order valence-electron chi connectivity index (χ0n) is 13.2. The maximum absolute atomic E-state index is 5.87. The molecule has 20 heavy (non-hydrogen) atoms. The van der Waals surface area contributed by atoms with Crippen molar-refractivity contribution in [3.05, 3.63) is 23.3 Å². The van der Waals surface area contributed by atoms with Crippen molar-refractivity contribution in [1.82, 2.24) is 5.32 Å². The first-order valence-corrected chi connectivity index (χ1v) is 7.84. The molecule has 2 unspecified atom stereocenters. The third kappa shape index (κ3) is 3.45. The van der Waals surface area contributed by atoms with Gasteiger partial charge in [-0.25, -0.2) is 0 Å². The number of hydrogen-bond acceptors (Lipinski definition) is 3. The van der Waals surface area contributed by atoms with Crippen LogP contribution >= 0.6 is 0 Å². The Balaban J connectivity index is 2.31. The molecule has 0 aromatic heterocycles. The largest absolute Gasteiger partial charge is 0.490 e. The molecule has 0 bridgehead atoms. The average molecular weight is 277 g/mol. The Kier molecular flexibility index (Phi) is 5.30. The highest BCUT2D eigenvalue weighted by atomic mass is 16.5. The normalized spacial score (nSPS) is 21.4. The lowest BCUT2D eigenvalue weighted by molar-refractivity contribution is 0.266.